The van der Waals surface area contributed by atoms with Gasteiger partial charge in [0.15, 0.2) is 0 Å². The molecule has 38 heavy (non-hydrogen) atoms. The summed E-state index contributed by atoms with van der Waals surface area (Å²) in [7, 11) is -1.38. The summed E-state index contributed by atoms with van der Waals surface area (Å²) in [5.41, 5.74) is 14.5. The zero-order chi connectivity index (χ0) is 26.6. The number of nitrogens with one attached hydrogen (secondary N) is 1. The topological polar surface area (TPSA) is 110 Å². The number of hydrogen-bond acceptors (Lipinski definition) is 7. The quantitative estimate of drug-likeness (QED) is 0.254. The summed E-state index contributed by atoms with van der Waals surface area (Å²) < 4.78 is 22.2. The Kier molecular flexibility index (Phi) is 6.42. The number of hydrazine groups is 1. The van der Waals surface area contributed by atoms with Gasteiger partial charge in [0.2, 0.25) is 5.88 Å². The number of pyridine rings is 1. The van der Waals surface area contributed by atoms with Crippen molar-refractivity contribution in [3.05, 3.63) is 76.0 Å². The van der Waals surface area contributed by atoms with E-state index >= 15 is 0 Å². The monoisotopic (exact) mass is 532 g/mol. The summed E-state index contributed by atoms with van der Waals surface area (Å²) >= 11 is 0. The molecule has 9 heteroatoms. The second-order valence-electron chi connectivity index (χ2n) is 11.1. The third-order valence-electron chi connectivity index (χ3n) is 8.03. The number of fused-ring (bicyclic) bond motifs is 1. The fraction of sp³-hybridized carbons (Fsp3) is 0.414. The number of aryl methyl sites for hydroxylation is 2. The van der Waals surface area contributed by atoms with Crippen molar-refractivity contribution in [2.75, 3.05) is 30.4 Å². The maximum absolute atomic E-state index is 13.8. The molecule has 2 aliphatic heterocycles. The van der Waals surface area contributed by atoms with E-state index in [1.54, 1.807) is 6.20 Å². The lowest BCUT2D eigenvalue weighted by Crippen LogP contribution is -2.67. The summed E-state index contributed by atoms with van der Waals surface area (Å²) in [6, 6.07) is 13.1. The van der Waals surface area contributed by atoms with Crippen LogP contribution in [-0.4, -0.2) is 44.8 Å². The molecule has 3 aliphatic rings. The first kappa shape index (κ1) is 25.3. The van der Waals surface area contributed by atoms with Crippen LogP contribution in [0.25, 0.3) is 0 Å². The zero-order valence-electron chi connectivity index (χ0n) is 22.3. The third-order valence-corrected chi connectivity index (χ3v) is 9.42. The maximum atomic E-state index is 13.8. The second kappa shape index (κ2) is 9.64. The number of anilines is 2. The van der Waals surface area contributed by atoms with Gasteiger partial charge in [-0.2, -0.15) is 0 Å². The van der Waals surface area contributed by atoms with Crippen molar-refractivity contribution in [3.63, 3.8) is 0 Å². The lowest BCUT2D eigenvalue weighted by atomic mass is 9.95. The van der Waals surface area contributed by atoms with Gasteiger partial charge in [-0.3, -0.25) is 0 Å². The average Bonchev–Trinajstić information content (AvgIpc) is 3.73. The molecule has 3 aromatic rings. The molecule has 3 heterocycles. The summed E-state index contributed by atoms with van der Waals surface area (Å²) in [6.45, 7) is 8.71. The number of hydrogen-bond donors (Lipinski definition) is 3. The number of ether oxygens (including phenoxy) is 1. The van der Waals surface area contributed by atoms with Gasteiger partial charge in [0.05, 0.1) is 17.9 Å². The molecule has 2 aromatic carbocycles. The molecule has 5 N–H and O–H groups in total. The van der Waals surface area contributed by atoms with Gasteiger partial charge >= 0.3 is 0 Å². The molecule has 1 aliphatic carbocycles. The minimum Gasteiger partial charge on any atom is -0.466 e. The lowest BCUT2D eigenvalue weighted by Gasteiger charge is -2.42. The SMILES string of the molecule is Cc1cnc2c(c1)S(=O)N(Cc1cc(Cc3ccc(N(N)C4CC4)c(N)c3C)ccc1C)CC1(CNC1)O2. The molecule has 1 atom stereocenters. The summed E-state index contributed by atoms with van der Waals surface area (Å²) in [5, 5.41) is 5.14. The molecule has 6 rings (SSSR count). The van der Waals surface area contributed by atoms with Gasteiger partial charge in [-0.1, -0.05) is 24.3 Å². The molecular formula is C29H36N6O2S. The van der Waals surface area contributed by atoms with Crippen LogP contribution < -0.4 is 26.6 Å². The van der Waals surface area contributed by atoms with E-state index in [-0.39, 0.29) is 0 Å². The Bertz CT molecular complexity index is 1420. The molecule has 8 nitrogen and oxygen atoms in total. The van der Waals surface area contributed by atoms with E-state index in [1.807, 2.05) is 28.4 Å². The summed E-state index contributed by atoms with van der Waals surface area (Å²) in [6.07, 6.45) is 4.79. The number of rotatable bonds is 6. The highest BCUT2D eigenvalue weighted by Gasteiger charge is 2.46. The molecule has 0 amide bonds. The Morgan fingerprint density at radius 3 is 2.66 bits per heavy atom. The van der Waals surface area contributed by atoms with Crippen LogP contribution in [-0.2, 0) is 24.0 Å². The van der Waals surface area contributed by atoms with E-state index in [1.165, 1.54) is 16.7 Å². The van der Waals surface area contributed by atoms with Crippen LogP contribution in [0.1, 0.15) is 46.2 Å². The van der Waals surface area contributed by atoms with Crippen LogP contribution in [0.2, 0.25) is 0 Å². The average molecular weight is 533 g/mol. The molecule has 2 fully saturated rings. The number of aromatic nitrogens is 1. The van der Waals surface area contributed by atoms with Crippen molar-refractivity contribution < 1.29 is 8.95 Å². The lowest BCUT2D eigenvalue weighted by molar-refractivity contribution is -0.00116. The smallest absolute Gasteiger partial charge is 0.232 e. The maximum Gasteiger partial charge on any atom is 0.232 e. The van der Waals surface area contributed by atoms with Crippen LogP contribution >= 0.6 is 0 Å². The molecule has 1 unspecified atom stereocenters. The van der Waals surface area contributed by atoms with E-state index in [0.717, 1.165) is 47.3 Å². The highest BCUT2D eigenvalue weighted by molar-refractivity contribution is 7.82. The number of nitrogens with two attached hydrogens (primary N) is 2. The van der Waals surface area contributed by atoms with Crippen LogP contribution in [0.4, 0.5) is 11.4 Å². The number of nitrogen functional groups attached to an aromatic ring is 1. The largest absolute Gasteiger partial charge is 0.466 e. The fourth-order valence-electron chi connectivity index (χ4n) is 5.33. The fourth-order valence-corrected chi connectivity index (χ4v) is 6.75. The van der Waals surface area contributed by atoms with Gasteiger partial charge in [-0.25, -0.2) is 19.3 Å². The van der Waals surface area contributed by atoms with Gasteiger partial charge < -0.3 is 20.8 Å². The van der Waals surface area contributed by atoms with Gasteiger partial charge in [-0.05, 0) is 85.5 Å². The molecular weight excluding hydrogens is 496 g/mol. The van der Waals surface area contributed by atoms with Crippen molar-refractivity contribution in [3.8, 4) is 5.88 Å². The van der Waals surface area contributed by atoms with Gasteiger partial charge in [-0.15, -0.1) is 0 Å². The van der Waals surface area contributed by atoms with E-state index < -0.39 is 16.6 Å². The molecule has 1 aromatic heterocycles. The van der Waals surface area contributed by atoms with Crippen LogP contribution in [0, 0.1) is 20.8 Å². The first-order chi connectivity index (χ1) is 18.2. The Balaban J connectivity index is 1.26. The van der Waals surface area contributed by atoms with Crippen molar-refractivity contribution in [1.29, 1.82) is 0 Å². The minimum atomic E-state index is -1.38. The van der Waals surface area contributed by atoms with Gasteiger partial charge in [0.1, 0.15) is 21.5 Å². The predicted molar refractivity (Wildman–Crippen MR) is 151 cm³/mol. The van der Waals surface area contributed by atoms with E-state index in [0.29, 0.717) is 43.0 Å². The normalized spacial score (nSPS) is 20.4. The summed E-state index contributed by atoms with van der Waals surface area (Å²) in [5.74, 6) is 6.78. The van der Waals surface area contributed by atoms with Crippen LogP contribution in [0.3, 0.4) is 0 Å². The molecule has 200 valence electrons. The van der Waals surface area contributed by atoms with E-state index in [9.17, 15) is 4.21 Å². The standard InChI is InChI=1S/C29H36N6O2S/c1-18-10-26-28(33-13-18)37-29(15-32-16-29)17-34(38(26)36)14-23-12-21(5-4-19(23)2)11-22-6-9-25(27(30)20(22)3)35(31)24-7-8-24/h4-6,9-10,12-13,24,32H,7-8,11,14-17,30-31H2,1-3H3. The first-order valence-electron chi connectivity index (χ1n) is 13.3. The van der Waals surface area contributed by atoms with E-state index in [4.69, 9.17) is 16.3 Å². The number of benzene rings is 2. The van der Waals surface area contributed by atoms with Crippen LogP contribution in [0.5, 0.6) is 5.88 Å². The molecule has 1 saturated heterocycles. The van der Waals surface area contributed by atoms with Crippen LogP contribution in [0.15, 0.2) is 47.5 Å². The Hall–Kier alpha value is -2.98. The first-order valence-corrected chi connectivity index (χ1v) is 14.4. The zero-order valence-corrected chi connectivity index (χ0v) is 23.1. The van der Waals surface area contributed by atoms with Crippen molar-refractivity contribution >= 4 is 22.4 Å². The van der Waals surface area contributed by atoms with Crippen molar-refractivity contribution in [1.82, 2.24) is 14.6 Å². The summed E-state index contributed by atoms with van der Waals surface area (Å²) in [4.78, 5) is 5.13. The van der Waals surface area contributed by atoms with Gasteiger partial charge in [0.25, 0.3) is 0 Å². The predicted octanol–water partition coefficient (Wildman–Crippen LogP) is 3.28. The van der Waals surface area contributed by atoms with E-state index in [2.05, 4.69) is 48.4 Å². The highest BCUT2D eigenvalue weighted by Crippen LogP contribution is 2.36. The Morgan fingerprint density at radius 1 is 1.16 bits per heavy atom. The van der Waals surface area contributed by atoms with Crippen molar-refractivity contribution in [2.45, 2.75) is 63.1 Å². The Morgan fingerprint density at radius 2 is 1.95 bits per heavy atom. The molecule has 1 spiro atoms. The minimum absolute atomic E-state index is 0.402. The molecule has 0 radical (unpaired) electrons. The Labute approximate surface area is 226 Å². The molecule has 1 saturated carbocycles. The van der Waals surface area contributed by atoms with Gasteiger partial charge in [0, 0.05) is 31.9 Å². The second-order valence-corrected chi connectivity index (χ2v) is 12.6. The number of nitrogens with zero attached hydrogens (tertiary/aromatic N) is 3. The van der Waals surface area contributed by atoms with Crippen molar-refractivity contribution in [2.24, 2.45) is 5.84 Å². The highest BCUT2D eigenvalue weighted by atomic mass is 32.2. The third kappa shape index (κ3) is 4.68. The molecule has 0 bridgehead atoms.